The number of pyridine rings is 1. The van der Waals surface area contributed by atoms with Gasteiger partial charge in [0.15, 0.2) is 0 Å². The predicted molar refractivity (Wildman–Crippen MR) is 52.7 cm³/mol. The van der Waals surface area contributed by atoms with Crippen LogP contribution in [0.1, 0.15) is 13.8 Å². The summed E-state index contributed by atoms with van der Waals surface area (Å²) in [4.78, 5) is 15.1. The maximum Gasteiger partial charge on any atom is 0.228 e. The van der Waals surface area contributed by atoms with Gasteiger partial charge < -0.3 is 5.32 Å². The van der Waals surface area contributed by atoms with Crippen molar-refractivity contribution in [3.8, 4) is 0 Å². The van der Waals surface area contributed by atoms with E-state index in [9.17, 15) is 4.79 Å². The summed E-state index contributed by atoms with van der Waals surface area (Å²) in [6.07, 6.45) is 1.50. The minimum Gasteiger partial charge on any atom is -0.310 e. The van der Waals surface area contributed by atoms with Crippen LogP contribution in [0, 0.1) is 5.92 Å². The molecule has 4 heteroatoms. The number of nitrogens with one attached hydrogen (secondary N) is 1. The SMILES string of the molecule is CC(C)C(=O)Nc1ccc(Cl)cn1. The van der Waals surface area contributed by atoms with Gasteiger partial charge in [-0.3, -0.25) is 4.79 Å². The van der Waals surface area contributed by atoms with Gasteiger partial charge in [-0.2, -0.15) is 0 Å². The molecule has 0 radical (unpaired) electrons. The molecule has 0 spiro atoms. The van der Waals surface area contributed by atoms with Crippen molar-refractivity contribution in [2.24, 2.45) is 5.92 Å². The van der Waals surface area contributed by atoms with Crippen LogP contribution in [0.5, 0.6) is 0 Å². The van der Waals surface area contributed by atoms with E-state index in [1.54, 1.807) is 12.1 Å². The highest BCUT2D eigenvalue weighted by Gasteiger charge is 2.06. The Morgan fingerprint density at radius 3 is 2.69 bits per heavy atom. The van der Waals surface area contributed by atoms with Gasteiger partial charge in [-0.15, -0.1) is 0 Å². The van der Waals surface area contributed by atoms with E-state index in [1.165, 1.54) is 6.20 Å². The smallest absolute Gasteiger partial charge is 0.228 e. The Balaban J connectivity index is 2.65. The molecule has 1 amide bonds. The van der Waals surface area contributed by atoms with Crippen LogP contribution in [0.25, 0.3) is 0 Å². The number of hydrogen-bond acceptors (Lipinski definition) is 2. The average molecular weight is 199 g/mol. The van der Waals surface area contributed by atoms with Crippen LogP contribution in [0.15, 0.2) is 18.3 Å². The van der Waals surface area contributed by atoms with Crippen LogP contribution in [-0.4, -0.2) is 10.9 Å². The van der Waals surface area contributed by atoms with Crippen LogP contribution in [0.3, 0.4) is 0 Å². The van der Waals surface area contributed by atoms with Crippen LogP contribution >= 0.6 is 11.6 Å². The van der Waals surface area contributed by atoms with Crippen molar-refractivity contribution in [1.29, 1.82) is 0 Å². The zero-order chi connectivity index (χ0) is 9.84. The predicted octanol–water partition coefficient (Wildman–Crippen LogP) is 2.33. The highest BCUT2D eigenvalue weighted by Crippen LogP contribution is 2.10. The van der Waals surface area contributed by atoms with E-state index in [-0.39, 0.29) is 11.8 Å². The summed E-state index contributed by atoms with van der Waals surface area (Å²) in [5, 5.41) is 3.22. The Bertz CT molecular complexity index is 295. The lowest BCUT2D eigenvalue weighted by Gasteiger charge is -2.05. The lowest BCUT2D eigenvalue weighted by Crippen LogP contribution is -2.18. The summed E-state index contributed by atoms with van der Waals surface area (Å²) >= 11 is 5.64. The summed E-state index contributed by atoms with van der Waals surface area (Å²) in [7, 11) is 0. The van der Waals surface area contributed by atoms with E-state index in [0.717, 1.165) is 0 Å². The van der Waals surface area contributed by atoms with E-state index >= 15 is 0 Å². The standard InChI is InChI=1S/C9H11ClN2O/c1-6(2)9(13)12-8-4-3-7(10)5-11-8/h3-6H,1-2H3,(H,11,12,13). The molecule has 0 fully saturated rings. The van der Waals surface area contributed by atoms with E-state index in [1.807, 2.05) is 13.8 Å². The van der Waals surface area contributed by atoms with Crippen molar-refractivity contribution >= 4 is 23.3 Å². The summed E-state index contributed by atoms with van der Waals surface area (Å²) in [5.41, 5.74) is 0. The summed E-state index contributed by atoms with van der Waals surface area (Å²) in [5.74, 6) is 0.440. The maximum absolute atomic E-state index is 11.2. The lowest BCUT2D eigenvalue weighted by atomic mass is 10.2. The number of halogens is 1. The maximum atomic E-state index is 11.2. The highest BCUT2D eigenvalue weighted by atomic mass is 35.5. The topological polar surface area (TPSA) is 42.0 Å². The third-order valence-electron chi connectivity index (χ3n) is 1.50. The number of amides is 1. The zero-order valence-electron chi connectivity index (χ0n) is 7.54. The first-order valence-electron chi connectivity index (χ1n) is 4.02. The Labute approximate surface area is 82.1 Å². The number of rotatable bonds is 2. The Morgan fingerprint density at radius 1 is 1.54 bits per heavy atom. The van der Waals surface area contributed by atoms with Crippen LogP contribution in [0.2, 0.25) is 5.02 Å². The zero-order valence-corrected chi connectivity index (χ0v) is 8.30. The molecule has 0 aliphatic carbocycles. The molecule has 13 heavy (non-hydrogen) atoms. The molecule has 1 N–H and O–H groups in total. The van der Waals surface area contributed by atoms with E-state index in [2.05, 4.69) is 10.3 Å². The van der Waals surface area contributed by atoms with Gasteiger partial charge in [-0.05, 0) is 12.1 Å². The van der Waals surface area contributed by atoms with Gasteiger partial charge in [0.2, 0.25) is 5.91 Å². The second kappa shape index (κ2) is 4.23. The van der Waals surface area contributed by atoms with Gasteiger partial charge in [0.1, 0.15) is 5.82 Å². The fourth-order valence-corrected chi connectivity index (χ4v) is 0.832. The fourth-order valence-electron chi connectivity index (χ4n) is 0.720. The molecule has 1 rings (SSSR count). The molecule has 0 bridgehead atoms. The van der Waals surface area contributed by atoms with Crippen LogP contribution in [0.4, 0.5) is 5.82 Å². The largest absolute Gasteiger partial charge is 0.310 e. The average Bonchev–Trinajstić information content (AvgIpc) is 2.08. The van der Waals surface area contributed by atoms with E-state index in [0.29, 0.717) is 10.8 Å². The molecule has 70 valence electrons. The number of hydrogen-bond donors (Lipinski definition) is 1. The number of carbonyl (C=O) groups excluding carboxylic acids is 1. The molecule has 1 aromatic rings. The molecule has 1 heterocycles. The molecule has 1 aromatic heterocycles. The number of nitrogens with zero attached hydrogens (tertiary/aromatic N) is 1. The van der Waals surface area contributed by atoms with Crippen molar-refractivity contribution in [3.63, 3.8) is 0 Å². The van der Waals surface area contributed by atoms with Gasteiger partial charge in [0.05, 0.1) is 5.02 Å². The lowest BCUT2D eigenvalue weighted by molar-refractivity contribution is -0.118. The van der Waals surface area contributed by atoms with Crippen LogP contribution in [-0.2, 0) is 4.79 Å². The first-order valence-corrected chi connectivity index (χ1v) is 4.40. The van der Waals surface area contributed by atoms with E-state index < -0.39 is 0 Å². The molecule has 3 nitrogen and oxygen atoms in total. The van der Waals surface area contributed by atoms with Gasteiger partial charge in [0, 0.05) is 12.1 Å². The molecular weight excluding hydrogens is 188 g/mol. The molecule has 0 aliphatic heterocycles. The highest BCUT2D eigenvalue weighted by molar-refractivity contribution is 6.30. The summed E-state index contributed by atoms with van der Waals surface area (Å²) in [6.45, 7) is 3.65. The molecule has 0 aliphatic rings. The molecule has 0 saturated heterocycles. The minimum atomic E-state index is -0.0465. The van der Waals surface area contributed by atoms with Crippen molar-refractivity contribution in [1.82, 2.24) is 4.98 Å². The monoisotopic (exact) mass is 198 g/mol. The fraction of sp³-hybridized carbons (Fsp3) is 0.333. The Morgan fingerprint density at radius 2 is 2.23 bits per heavy atom. The summed E-state index contributed by atoms with van der Waals surface area (Å²) < 4.78 is 0. The second-order valence-electron chi connectivity index (χ2n) is 3.01. The normalized spacial score (nSPS) is 10.2. The number of aromatic nitrogens is 1. The molecule has 0 unspecified atom stereocenters. The first-order chi connectivity index (χ1) is 6.09. The Kier molecular flexibility index (Phi) is 3.25. The minimum absolute atomic E-state index is 0.0440. The van der Waals surface area contributed by atoms with Gasteiger partial charge in [-0.1, -0.05) is 25.4 Å². The quantitative estimate of drug-likeness (QED) is 0.793. The van der Waals surface area contributed by atoms with Gasteiger partial charge in [0.25, 0.3) is 0 Å². The second-order valence-corrected chi connectivity index (χ2v) is 3.44. The molecular formula is C9H11ClN2O. The van der Waals surface area contributed by atoms with Crippen molar-refractivity contribution in [3.05, 3.63) is 23.4 Å². The van der Waals surface area contributed by atoms with Crippen molar-refractivity contribution in [2.45, 2.75) is 13.8 Å². The Hall–Kier alpha value is -1.09. The molecule has 0 atom stereocenters. The third-order valence-corrected chi connectivity index (χ3v) is 1.73. The third kappa shape index (κ3) is 3.03. The van der Waals surface area contributed by atoms with Crippen LogP contribution < -0.4 is 5.32 Å². The van der Waals surface area contributed by atoms with Gasteiger partial charge >= 0.3 is 0 Å². The summed E-state index contributed by atoms with van der Waals surface area (Å²) in [6, 6.07) is 3.35. The number of anilines is 1. The van der Waals surface area contributed by atoms with Crippen molar-refractivity contribution in [2.75, 3.05) is 5.32 Å². The van der Waals surface area contributed by atoms with E-state index in [4.69, 9.17) is 11.6 Å². The van der Waals surface area contributed by atoms with Gasteiger partial charge in [-0.25, -0.2) is 4.98 Å². The van der Waals surface area contributed by atoms with Crippen molar-refractivity contribution < 1.29 is 4.79 Å². The molecule has 0 aromatic carbocycles. The number of carbonyl (C=O) groups is 1. The molecule has 0 saturated carbocycles. The first kappa shape index (κ1) is 9.99.